The first-order valence-corrected chi connectivity index (χ1v) is 11.1. The van der Waals surface area contributed by atoms with Gasteiger partial charge in [-0.15, -0.1) is 10.2 Å². The normalized spacial score (nSPS) is 15.7. The lowest BCUT2D eigenvalue weighted by molar-refractivity contribution is 0.0955. The Labute approximate surface area is 192 Å². The predicted molar refractivity (Wildman–Crippen MR) is 125 cm³/mol. The highest BCUT2D eigenvalue weighted by Crippen LogP contribution is 2.40. The molecule has 33 heavy (non-hydrogen) atoms. The van der Waals surface area contributed by atoms with Crippen LogP contribution in [0.2, 0.25) is 0 Å². The van der Waals surface area contributed by atoms with E-state index < -0.39 is 0 Å². The Morgan fingerprint density at radius 3 is 2.36 bits per heavy atom. The van der Waals surface area contributed by atoms with Gasteiger partial charge in [-0.3, -0.25) is 4.79 Å². The average Bonchev–Trinajstić information content (AvgIpc) is 3.24. The molecule has 0 N–H and O–H groups in total. The molecule has 0 aliphatic heterocycles. The number of carbonyl (C=O) groups excluding carboxylic acids is 1. The van der Waals surface area contributed by atoms with Gasteiger partial charge in [-0.2, -0.15) is 5.10 Å². The smallest absolute Gasteiger partial charge is 0.185 e. The Bertz CT molecular complexity index is 1360. The topological polar surface area (TPSA) is 78.6 Å². The monoisotopic (exact) mass is 442 g/mol. The molecule has 0 bridgehead atoms. The maximum Gasteiger partial charge on any atom is 0.185 e. The Morgan fingerprint density at radius 1 is 0.939 bits per heavy atom. The van der Waals surface area contributed by atoms with Gasteiger partial charge in [0, 0.05) is 17.9 Å². The third-order valence-corrected chi connectivity index (χ3v) is 6.30. The molecular formula is C26H26N4O3. The molecule has 0 amide bonds. The fraction of sp³-hybridized carbons (Fsp3) is 0.308. The molecule has 7 nitrogen and oxygen atoms in total. The lowest BCUT2D eigenvalue weighted by atomic mass is 9.83. The van der Waals surface area contributed by atoms with E-state index in [1.165, 1.54) is 0 Å². The van der Waals surface area contributed by atoms with Crippen molar-refractivity contribution in [2.75, 3.05) is 14.2 Å². The van der Waals surface area contributed by atoms with Gasteiger partial charge in [-0.25, -0.2) is 4.52 Å². The second kappa shape index (κ2) is 8.31. The van der Waals surface area contributed by atoms with E-state index in [0.717, 1.165) is 39.6 Å². The number of hydrogen-bond acceptors (Lipinski definition) is 6. The lowest BCUT2D eigenvalue weighted by Gasteiger charge is -2.24. The third-order valence-electron chi connectivity index (χ3n) is 6.30. The third kappa shape index (κ3) is 3.44. The number of Topliss-reactive ketones (excluding diaryl/α,β-unsaturated/α-hetero) is 1. The van der Waals surface area contributed by atoms with Crippen LogP contribution in [0.5, 0.6) is 11.5 Å². The van der Waals surface area contributed by atoms with Crippen LogP contribution in [0.1, 0.15) is 59.5 Å². The number of benzene rings is 2. The molecule has 0 fully saturated rings. The number of ketones is 1. The minimum absolute atomic E-state index is 0.0186. The first-order valence-electron chi connectivity index (χ1n) is 11.1. The van der Waals surface area contributed by atoms with Gasteiger partial charge in [-0.05, 0) is 30.0 Å². The summed E-state index contributed by atoms with van der Waals surface area (Å²) >= 11 is 0. The molecule has 2 aromatic carbocycles. The van der Waals surface area contributed by atoms with E-state index in [1.807, 2.05) is 53.0 Å². The van der Waals surface area contributed by atoms with Gasteiger partial charge in [-0.1, -0.05) is 50.2 Å². The Morgan fingerprint density at radius 2 is 1.64 bits per heavy atom. The fourth-order valence-corrected chi connectivity index (χ4v) is 4.72. The molecule has 1 aliphatic rings. The van der Waals surface area contributed by atoms with Crippen molar-refractivity contribution in [3.05, 3.63) is 71.2 Å². The average molecular weight is 443 g/mol. The second-order valence-corrected chi connectivity index (χ2v) is 8.62. The number of para-hydroxylation sites is 2. The summed E-state index contributed by atoms with van der Waals surface area (Å²) in [6, 6.07) is 15.7. The number of carbonyl (C=O) groups is 1. The maximum atomic E-state index is 13.1. The van der Waals surface area contributed by atoms with Crippen LogP contribution in [0, 0.1) is 0 Å². The maximum absolute atomic E-state index is 13.1. The van der Waals surface area contributed by atoms with Crippen LogP contribution in [-0.4, -0.2) is 39.8 Å². The molecule has 2 heterocycles. The van der Waals surface area contributed by atoms with E-state index in [2.05, 4.69) is 24.0 Å². The number of fused-ring (bicyclic) bond motifs is 3. The number of hydrogen-bond donors (Lipinski definition) is 0. The molecule has 0 unspecified atom stereocenters. The van der Waals surface area contributed by atoms with Crippen molar-refractivity contribution in [1.82, 2.24) is 19.8 Å². The Balaban J connectivity index is 1.72. The number of nitrogens with zero attached hydrogens (tertiary/aromatic N) is 4. The van der Waals surface area contributed by atoms with Gasteiger partial charge in [0.1, 0.15) is 11.5 Å². The van der Waals surface area contributed by atoms with Gasteiger partial charge in [0.2, 0.25) is 0 Å². The highest BCUT2D eigenvalue weighted by molar-refractivity contribution is 5.97. The molecule has 0 spiro atoms. The molecular weight excluding hydrogens is 416 g/mol. The molecule has 0 saturated heterocycles. The summed E-state index contributed by atoms with van der Waals surface area (Å²) in [4.78, 5) is 13.1. The summed E-state index contributed by atoms with van der Waals surface area (Å²) in [6.07, 6.45) is 0.989. The van der Waals surface area contributed by atoms with Crippen molar-refractivity contribution in [2.45, 2.75) is 38.5 Å². The predicted octanol–water partition coefficient (Wildman–Crippen LogP) is 4.84. The van der Waals surface area contributed by atoms with Gasteiger partial charge >= 0.3 is 0 Å². The zero-order chi connectivity index (χ0) is 23.1. The zero-order valence-electron chi connectivity index (χ0n) is 19.2. The quantitative estimate of drug-likeness (QED) is 0.440. The van der Waals surface area contributed by atoms with Gasteiger partial charge in [0.25, 0.3) is 0 Å². The largest absolute Gasteiger partial charge is 0.496 e. The summed E-state index contributed by atoms with van der Waals surface area (Å²) in [7, 11) is 3.31. The van der Waals surface area contributed by atoms with E-state index in [1.54, 1.807) is 14.2 Å². The van der Waals surface area contributed by atoms with Crippen LogP contribution in [0.3, 0.4) is 0 Å². The SMILES string of the molecule is COc1ccccc1-c1c(C(C)C)nn2c3c(nnc12)C(=O)C[C@@H](c1ccccc1OC)C3. The summed E-state index contributed by atoms with van der Waals surface area (Å²) in [5, 5.41) is 13.8. The van der Waals surface area contributed by atoms with E-state index in [-0.39, 0.29) is 17.6 Å². The number of methoxy groups -OCH3 is 2. The van der Waals surface area contributed by atoms with Crippen molar-refractivity contribution >= 4 is 11.4 Å². The second-order valence-electron chi connectivity index (χ2n) is 8.62. The highest BCUT2D eigenvalue weighted by Gasteiger charge is 2.33. The van der Waals surface area contributed by atoms with Gasteiger partial charge in [0.15, 0.2) is 17.1 Å². The Kier molecular flexibility index (Phi) is 5.32. The van der Waals surface area contributed by atoms with Crippen molar-refractivity contribution in [2.24, 2.45) is 0 Å². The van der Waals surface area contributed by atoms with E-state index in [9.17, 15) is 4.79 Å². The van der Waals surface area contributed by atoms with Crippen LogP contribution in [0.25, 0.3) is 16.8 Å². The summed E-state index contributed by atoms with van der Waals surface area (Å²) in [5.74, 6) is 1.63. The van der Waals surface area contributed by atoms with Crippen molar-refractivity contribution in [3.8, 4) is 22.6 Å². The number of rotatable bonds is 5. The van der Waals surface area contributed by atoms with Gasteiger partial charge < -0.3 is 9.47 Å². The molecule has 1 atom stereocenters. The standard InChI is InChI=1S/C26H26N4O3/c1-15(2)24-23(18-10-6-8-12-22(18)33-4)26-28-27-25-19(30(26)29-24)13-16(14-20(25)31)17-9-5-7-11-21(17)32-3/h5-12,15-16H,13-14H2,1-4H3/t16-/m0/s1. The fourth-order valence-electron chi connectivity index (χ4n) is 4.72. The first kappa shape index (κ1) is 21.1. The Hall–Kier alpha value is -3.74. The molecule has 0 saturated carbocycles. The first-order chi connectivity index (χ1) is 16.0. The molecule has 2 aromatic heterocycles. The number of ether oxygens (including phenoxy) is 2. The van der Waals surface area contributed by atoms with Crippen LogP contribution in [0.4, 0.5) is 0 Å². The van der Waals surface area contributed by atoms with E-state index in [0.29, 0.717) is 24.2 Å². The minimum atomic E-state index is -0.0259. The van der Waals surface area contributed by atoms with Crippen LogP contribution in [-0.2, 0) is 6.42 Å². The van der Waals surface area contributed by atoms with Gasteiger partial charge in [0.05, 0.1) is 31.2 Å². The van der Waals surface area contributed by atoms with Crippen LogP contribution < -0.4 is 9.47 Å². The molecule has 1 aliphatic carbocycles. The van der Waals surface area contributed by atoms with Crippen molar-refractivity contribution in [1.29, 1.82) is 0 Å². The number of aromatic nitrogens is 4. The van der Waals surface area contributed by atoms with E-state index in [4.69, 9.17) is 14.6 Å². The molecule has 4 aromatic rings. The molecule has 7 heteroatoms. The lowest BCUT2D eigenvalue weighted by Crippen LogP contribution is -2.24. The molecule has 168 valence electrons. The summed E-state index contributed by atoms with van der Waals surface area (Å²) < 4.78 is 13.0. The summed E-state index contributed by atoms with van der Waals surface area (Å²) in [6.45, 7) is 4.20. The van der Waals surface area contributed by atoms with E-state index >= 15 is 0 Å². The van der Waals surface area contributed by atoms with Crippen molar-refractivity contribution in [3.63, 3.8) is 0 Å². The molecule has 5 rings (SSSR count). The van der Waals surface area contributed by atoms with Crippen molar-refractivity contribution < 1.29 is 14.3 Å². The zero-order valence-corrected chi connectivity index (χ0v) is 19.2. The molecule has 0 radical (unpaired) electrons. The minimum Gasteiger partial charge on any atom is -0.496 e. The highest BCUT2D eigenvalue weighted by atomic mass is 16.5. The summed E-state index contributed by atoms with van der Waals surface area (Å²) in [5.41, 5.74) is 5.55. The van der Waals surface area contributed by atoms with Crippen LogP contribution >= 0.6 is 0 Å². The van der Waals surface area contributed by atoms with Crippen LogP contribution in [0.15, 0.2) is 48.5 Å².